The Labute approximate surface area is 86.4 Å². The maximum absolute atomic E-state index is 11.2. The van der Waals surface area contributed by atoms with Gasteiger partial charge in [0.1, 0.15) is 0 Å². The molecule has 0 aliphatic carbocycles. The molecule has 1 N–H and O–H groups in total. The largest absolute Gasteiger partial charge is 0.215 e. The average Bonchev–Trinajstić information content (AvgIpc) is 2.11. The molecule has 0 heterocycles. The predicted molar refractivity (Wildman–Crippen MR) is 56.2 cm³/mol. The maximum Gasteiger partial charge on any atom is 0.211 e. The van der Waals surface area contributed by atoms with Gasteiger partial charge >= 0.3 is 0 Å². The lowest BCUT2D eigenvalue weighted by Gasteiger charge is -2.04. The van der Waals surface area contributed by atoms with Crippen molar-refractivity contribution in [2.24, 2.45) is 0 Å². The topological polar surface area (TPSA) is 70.0 Å². The molecule has 0 amide bonds. The molecule has 0 bridgehead atoms. The molecule has 0 rings (SSSR count). The van der Waals surface area contributed by atoms with E-state index in [1.54, 1.807) is 0 Å². The van der Waals surface area contributed by atoms with Gasteiger partial charge in [-0.05, 0) is 19.3 Å². The third-order valence-corrected chi connectivity index (χ3v) is 3.35. The summed E-state index contributed by atoms with van der Waals surface area (Å²) in [5, 5.41) is 8.26. The van der Waals surface area contributed by atoms with Crippen LogP contribution >= 0.6 is 0 Å². The molecule has 0 aromatic heterocycles. The number of sulfonamides is 1. The molecule has 0 atom stereocenters. The molecule has 0 aromatic rings. The summed E-state index contributed by atoms with van der Waals surface area (Å²) in [7, 11) is -3.04. The first-order valence-electron chi connectivity index (χ1n) is 4.96. The molecule has 82 valence electrons. The van der Waals surface area contributed by atoms with Crippen LogP contribution in [-0.2, 0) is 10.0 Å². The van der Waals surface area contributed by atoms with Crippen molar-refractivity contribution in [2.45, 2.75) is 39.0 Å². The highest BCUT2D eigenvalue weighted by atomic mass is 32.2. The lowest BCUT2D eigenvalue weighted by molar-refractivity contribution is 0.573. The van der Waals surface area contributed by atoms with Crippen LogP contribution in [0.3, 0.4) is 0 Å². The van der Waals surface area contributed by atoms with E-state index in [0.29, 0.717) is 19.4 Å². The first kappa shape index (κ1) is 13.4. The summed E-state index contributed by atoms with van der Waals surface area (Å²) in [6.07, 6.45) is 3.77. The first-order chi connectivity index (χ1) is 6.62. The molecule has 0 aliphatic rings. The van der Waals surface area contributed by atoms with Crippen LogP contribution in [0.5, 0.6) is 0 Å². The molecular weight excluding hydrogens is 200 g/mol. The molecule has 5 heteroatoms. The van der Waals surface area contributed by atoms with Gasteiger partial charge in [0, 0.05) is 13.0 Å². The molecule has 0 aliphatic heterocycles. The lowest BCUT2D eigenvalue weighted by Crippen LogP contribution is -2.27. The van der Waals surface area contributed by atoms with Crippen LogP contribution in [0.25, 0.3) is 0 Å². The van der Waals surface area contributed by atoms with Crippen LogP contribution in [0, 0.1) is 11.3 Å². The van der Waals surface area contributed by atoms with Crippen LogP contribution < -0.4 is 4.72 Å². The summed E-state index contributed by atoms with van der Waals surface area (Å²) in [6.45, 7) is 2.33. The molecule has 0 radical (unpaired) electrons. The molecule has 0 fully saturated rings. The molecule has 0 saturated carbocycles. The van der Waals surface area contributed by atoms with E-state index >= 15 is 0 Å². The van der Waals surface area contributed by atoms with E-state index in [0.717, 1.165) is 19.3 Å². The second-order valence-electron chi connectivity index (χ2n) is 3.18. The highest BCUT2D eigenvalue weighted by Gasteiger charge is 2.06. The Morgan fingerprint density at radius 1 is 1.29 bits per heavy atom. The van der Waals surface area contributed by atoms with Gasteiger partial charge in [-0.1, -0.05) is 13.3 Å². The normalized spacial score (nSPS) is 11.1. The minimum atomic E-state index is -3.04. The fourth-order valence-corrected chi connectivity index (χ4v) is 2.21. The van der Waals surface area contributed by atoms with Crippen molar-refractivity contribution in [2.75, 3.05) is 12.3 Å². The third-order valence-electron chi connectivity index (χ3n) is 1.76. The Bertz CT molecular complexity index is 267. The van der Waals surface area contributed by atoms with E-state index in [4.69, 9.17) is 5.26 Å². The van der Waals surface area contributed by atoms with Crippen molar-refractivity contribution in [3.63, 3.8) is 0 Å². The van der Waals surface area contributed by atoms with E-state index in [-0.39, 0.29) is 5.75 Å². The summed E-state index contributed by atoms with van der Waals surface area (Å²) in [4.78, 5) is 0. The first-order valence-corrected chi connectivity index (χ1v) is 6.62. The minimum absolute atomic E-state index is 0.200. The lowest BCUT2D eigenvalue weighted by atomic mass is 10.2. The summed E-state index contributed by atoms with van der Waals surface area (Å²) in [5.74, 6) is 0.200. The van der Waals surface area contributed by atoms with Gasteiger partial charge in [0.2, 0.25) is 10.0 Å². The third kappa shape index (κ3) is 8.02. The Morgan fingerprint density at radius 2 is 2.00 bits per heavy atom. The smallest absolute Gasteiger partial charge is 0.211 e. The van der Waals surface area contributed by atoms with Crippen LogP contribution in [0.2, 0.25) is 0 Å². The SMILES string of the molecule is CCCS(=O)(=O)NCCCCCC#N. The number of nitrogens with one attached hydrogen (secondary N) is 1. The van der Waals surface area contributed by atoms with Crippen molar-refractivity contribution in [3.8, 4) is 6.07 Å². The highest BCUT2D eigenvalue weighted by molar-refractivity contribution is 7.89. The quantitative estimate of drug-likeness (QED) is 0.626. The number of unbranched alkanes of at least 4 members (excludes halogenated alkanes) is 3. The maximum atomic E-state index is 11.2. The second kappa shape index (κ2) is 7.77. The molecule has 0 spiro atoms. The van der Waals surface area contributed by atoms with Crippen LogP contribution in [0.15, 0.2) is 0 Å². The van der Waals surface area contributed by atoms with Gasteiger partial charge in [0.25, 0.3) is 0 Å². The Balaban J connectivity index is 3.41. The van der Waals surface area contributed by atoms with E-state index in [1.807, 2.05) is 6.92 Å². The average molecular weight is 218 g/mol. The van der Waals surface area contributed by atoms with Crippen molar-refractivity contribution in [1.82, 2.24) is 4.72 Å². The molecule has 0 aromatic carbocycles. The van der Waals surface area contributed by atoms with Crippen molar-refractivity contribution in [1.29, 1.82) is 5.26 Å². The minimum Gasteiger partial charge on any atom is -0.215 e. The monoisotopic (exact) mass is 218 g/mol. The van der Waals surface area contributed by atoms with Gasteiger partial charge in [-0.25, -0.2) is 13.1 Å². The summed E-state index contributed by atoms with van der Waals surface area (Å²) >= 11 is 0. The standard InChI is InChI=1S/C9H18N2O2S/c1-2-9-14(12,13)11-8-6-4-3-5-7-10/h11H,2-6,8-9H2,1H3. The van der Waals surface area contributed by atoms with Gasteiger partial charge in [0.15, 0.2) is 0 Å². The van der Waals surface area contributed by atoms with Crippen LogP contribution in [0.4, 0.5) is 0 Å². The van der Waals surface area contributed by atoms with E-state index in [1.165, 1.54) is 0 Å². The zero-order valence-corrected chi connectivity index (χ0v) is 9.44. The molecular formula is C9H18N2O2S. The van der Waals surface area contributed by atoms with Crippen LogP contribution in [0.1, 0.15) is 39.0 Å². The number of nitriles is 1. The fourth-order valence-electron chi connectivity index (χ4n) is 1.07. The summed E-state index contributed by atoms with van der Waals surface area (Å²) in [6, 6.07) is 2.06. The number of hydrogen-bond acceptors (Lipinski definition) is 3. The molecule has 14 heavy (non-hydrogen) atoms. The van der Waals surface area contributed by atoms with Gasteiger partial charge in [-0.15, -0.1) is 0 Å². The van der Waals surface area contributed by atoms with Gasteiger partial charge in [-0.3, -0.25) is 0 Å². The fraction of sp³-hybridized carbons (Fsp3) is 0.889. The van der Waals surface area contributed by atoms with Crippen molar-refractivity contribution in [3.05, 3.63) is 0 Å². The van der Waals surface area contributed by atoms with E-state index in [9.17, 15) is 8.42 Å². The number of hydrogen-bond donors (Lipinski definition) is 1. The number of nitrogens with zero attached hydrogens (tertiary/aromatic N) is 1. The summed E-state index contributed by atoms with van der Waals surface area (Å²) in [5.41, 5.74) is 0. The van der Waals surface area contributed by atoms with E-state index < -0.39 is 10.0 Å². The number of rotatable bonds is 8. The second-order valence-corrected chi connectivity index (χ2v) is 5.11. The Hall–Kier alpha value is -0.600. The zero-order valence-electron chi connectivity index (χ0n) is 8.62. The highest BCUT2D eigenvalue weighted by Crippen LogP contribution is 1.98. The molecule has 4 nitrogen and oxygen atoms in total. The predicted octanol–water partition coefficient (Wildman–Crippen LogP) is 1.40. The molecule has 0 unspecified atom stereocenters. The van der Waals surface area contributed by atoms with E-state index in [2.05, 4.69) is 10.8 Å². The summed E-state index contributed by atoms with van der Waals surface area (Å²) < 4.78 is 24.8. The Kier molecular flexibility index (Phi) is 7.44. The van der Waals surface area contributed by atoms with Gasteiger partial charge in [-0.2, -0.15) is 5.26 Å². The van der Waals surface area contributed by atoms with Crippen LogP contribution in [-0.4, -0.2) is 20.7 Å². The van der Waals surface area contributed by atoms with Crippen molar-refractivity contribution < 1.29 is 8.42 Å². The Morgan fingerprint density at radius 3 is 2.57 bits per heavy atom. The zero-order chi connectivity index (χ0) is 10.9. The molecule has 0 saturated heterocycles. The van der Waals surface area contributed by atoms with Gasteiger partial charge in [0.05, 0.1) is 11.8 Å². The van der Waals surface area contributed by atoms with Gasteiger partial charge < -0.3 is 0 Å². The van der Waals surface area contributed by atoms with Crippen molar-refractivity contribution >= 4 is 10.0 Å².